The lowest BCUT2D eigenvalue weighted by atomic mass is 10.1. The van der Waals surface area contributed by atoms with E-state index in [1.807, 2.05) is 0 Å². The highest BCUT2D eigenvalue weighted by Crippen LogP contribution is 2.48. The zero-order valence-electron chi connectivity index (χ0n) is 14.4. The zero-order chi connectivity index (χ0) is 18.1. The van der Waals surface area contributed by atoms with Crippen LogP contribution in [0.3, 0.4) is 0 Å². The van der Waals surface area contributed by atoms with Gasteiger partial charge >= 0.3 is 5.97 Å². The minimum atomic E-state index is -0.458. The Hall–Kier alpha value is -2.63. The van der Waals surface area contributed by atoms with Crippen LogP contribution < -0.4 is 0 Å². The van der Waals surface area contributed by atoms with Crippen LogP contribution in [0.4, 0.5) is 4.39 Å². The van der Waals surface area contributed by atoms with Crippen molar-refractivity contribution >= 4 is 11.9 Å². The van der Waals surface area contributed by atoms with E-state index >= 15 is 0 Å². The summed E-state index contributed by atoms with van der Waals surface area (Å²) in [5, 5.41) is 0. The van der Waals surface area contributed by atoms with E-state index in [-0.39, 0.29) is 30.1 Å². The van der Waals surface area contributed by atoms with Crippen molar-refractivity contribution in [3.63, 3.8) is 0 Å². The minimum Gasteiger partial charge on any atom is -0.465 e. The molecule has 0 aliphatic heterocycles. The van der Waals surface area contributed by atoms with E-state index in [4.69, 9.17) is 9.15 Å². The van der Waals surface area contributed by atoms with Gasteiger partial charge in [-0.15, -0.1) is 0 Å². The van der Waals surface area contributed by atoms with Crippen molar-refractivity contribution in [2.45, 2.75) is 25.8 Å². The van der Waals surface area contributed by atoms with E-state index in [0.29, 0.717) is 17.1 Å². The number of ether oxygens (including phenoxy) is 1. The molecule has 0 bridgehead atoms. The number of carbonyl (C=O) groups is 2. The van der Waals surface area contributed by atoms with E-state index in [1.54, 1.807) is 37.1 Å². The number of nitrogens with zero attached hydrogens (tertiary/aromatic N) is 1. The first-order chi connectivity index (χ1) is 11.9. The molecule has 2 unspecified atom stereocenters. The molecule has 0 radical (unpaired) electrons. The summed E-state index contributed by atoms with van der Waals surface area (Å²) >= 11 is 0. The van der Waals surface area contributed by atoms with Gasteiger partial charge in [-0.1, -0.05) is 12.1 Å². The lowest BCUT2D eigenvalue weighted by Crippen LogP contribution is -2.27. The molecule has 2 atom stereocenters. The molecule has 3 rings (SSSR count). The maximum Gasteiger partial charge on any atom is 0.341 e. The monoisotopic (exact) mass is 345 g/mol. The second-order valence-electron chi connectivity index (χ2n) is 6.37. The van der Waals surface area contributed by atoms with Crippen molar-refractivity contribution in [1.29, 1.82) is 0 Å². The van der Waals surface area contributed by atoms with Gasteiger partial charge in [0.25, 0.3) is 0 Å². The zero-order valence-corrected chi connectivity index (χ0v) is 14.4. The van der Waals surface area contributed by atoms with Gasteiger partial charge in [-0.3, -0.25) is 4.79 Å². The number of methoxy groups -OCH3 is 1. The fourth-order valence-electron chi connectivity index (χ4n) is 3.08. The fraction of sp³-hybridized carbons (Fsp3) is 0.368. The highest BCUT2D eigenvalue weighted by atomic mass is 19.1. The summed E-state index contributed by atoms with van der Waals surface area (Å²) in [6.07, 6.45) is 0.763. The molecule has 1 aliphatic rings. The Labute approximate surface area is 145 Å². The number of furan rings is 1. The van der Waals surface area contributed by atoms with Crippen LogP contribution in [-0.4, -0.2) is 30.9 Å². The average Bonchev–Trinajstić information content (AvgIpc) is 3.31. The molecule has 1 saturated carbocycles. The molecule has 1 aromatic heterocycles. The van der Waals surface area contributed by atoms with E-state index in [2.05, 4.69) is 0 Å². The topological polar surface area (TPSA) is 59.8 Å². The highest BCUT2D eigenvalue weighted by Gasteiger charge is 2.45. The maximum atomic E-state index is 13.0. The summed E-state index contributed by atoms with van der Waals surface area (Å²) in [5.74, 6) is 0.333. The third kappa shape index (κ3) is 3.57. The number of aryl methyl sites for hydroxylation is 1. The normalized spacial score (nSPS) is 18.7. The first-order valence-electron chi connectivity index (χ1n) is 8.08. The molecule has 1 aromatic carbocycles. The minimum absolute atomic E-state index is 0.0167. The first-order valence-corrected chi connectivity index (χ1v) is 8.08. The molecule has 25 heavy (non-hydrogen) atoms. The van der Waals surface area contributed by atoms with Crippen LogP contribution in [0.5, 0.6) is 0 Å². The highest BCUT2D eigenvalue weighted by molar-refractivity contribution is 5.90. The van der Waals surface area contributed by atoms with Crippen molar-refractivity contribution in [3.05, 3.63) is 58.8 Å². The number of hydrogen-bond donors (Lipinski definition) is 0. The number of halogens is 1. The van der Waals surface area contributed by atoms with Crippen LogP contribution >= 0.6 is 0 Å². The maximum absolute atomic E-state index is 13.0. The third-order valence-electron chi connectivity index (χ3n) is 4.55. The van der Waals surface area contributed by atoms with Crippen molar-refractivity contribution in [2.75, 3.05) is 14.2 Å². The predicted molar refractivity (Wildman–Crippen MR) is 88.5 cm³/mol. The molecule has 5 nitrogen and oxygen atoms in total. The van der Waals surface area contributed by atoms with Crippen LogP contribution in [0.15, 0.2) is 34.7 Å². The van der Waals surface area contributed by atoms with E-state index in [9.17, 15) is 14.0 Å². The van der Waals surface area contributed by atoms with Crippen LogP contribution in [0, 0.1) is 18.7 Å². The molecule has 2 aromatic rings. The van der Waals surface area contributed by atoms with E-state index in [0.717, 1.165) is 12.0 Å². The van der Waals surface area contributed by atoms with Gasteiger partial charge in [-0.05, 0) is 43.0 Å². The van der Waals surface area contributed by atoms with E-state index < -0.39 is 5.97 Å². The second kappa shape index (κ2) is 6.70. The van der Waals surface area contributed by atoms with Gasteiger partial charge in [0.05, 0.1) is 13.7 Å². The molecule has 0 saturated heterocycles. The molecule has 6 heteroatoms. The van der Waals surface area contributed by atoms with Gasteiger partial charge in [0, 0.05) is 13.0 Å². The van der Waals surface area contributed by atoms with Crippen molar-refractivity contribution < 1.29 is 23.1 Å². The molecular weight excluding hydrogens is 325 g/mol. The van der Waals surface area contributed by atoms with Crippen molar-refractivity contribution in [3.8, 4) is 0 Å². The number of carbonyl (C=O) groups excluding carboxylic acids is 2. The lowest BCUT2D eigenvalue weighted by Gasteiger charge is -2.15. The molecule has 1 heterocycles. The summed E-state index contributed by atoms with van der Waals surface area (Å²) in [6, 6.07) is 7.89. The third-order valence-corrected chi connectivity index (χ3v) is 4.55. The number of amides is 1. The molecule has 1 amide bonds. The number of rotatable bonds is 5. The van der Waals surface area contributed by atoms with E-state index in [1.165, 1.54) is 19.2 Å². The van der Waals surface area contributed by atoms with Gasteiger partial charge < -0.3 is 14.1 Å². The predicted octanol–water partition coefficient (Wildman–Crippen LogP) is 3.28. The fourth-order valence-corrected chi connectivity index (χ4v) is 3.08. The van der Waals surface area contributed by atoms with Crippen LogP contribution in [0.25, 0.3) is 0 Å². The first kappa shape index (κ1) is 17.2. The van der Waals surface area contributed by atoms with Gasteiger partial charge in [0.15, 0.2) is 0 Å². The summed E-state index contributed by atoms with van der Waals surface area (Å²) in [6.45, 7) is 1.96. The SMILES string of the molecule is COC(=O)c1cc(CN(C)C(=O)C2CC2c2ccc(F)cc2)oc1C. The molecule has 1 aliphatic carbocycles. The summed E-state index contributed by atoms with van der Waals surface area (Å²) in [7, 11) is 3.02. The largest absolute Gasteiger partial charge is 0.465 e. The summed E-state index contributed by atoms with van der Waals surface area (Å²) in [4.78, 5) is 25.8. The number of hydrogen-bond acceptors (Lipinski definition) is 4. The molecule has 0 spiro atoms. The Kier molecular flexibility index (Phi) is 4.61. The van der Waals surface area contributed by atoms with Gasteiger partial charge in [0.2, 0.25) is 5.91 Å². The van der Waals surface area contributed by atoms with Crippen LogP contribution in [-0.2, 0) is 16.1 Å². The quantitative estimate of drug-likeness (QED) is 0.781. The Balaban J connectivity index is 1.62. The summed E-state index contributed by atoms with van der Waals surface area (Å²) < 4.78 is 23.2. The Morgan fingerprint density at radius 1 is 1.32 bits per heavy atom. The van der Waals surface area contributed by atoms with Gasteiger partial charge in [-0.2, -0.15) is 0 Å². The lowest BCUT2D eigenvalue weighted by molar-refractivity contribution is -0.132. The standard InChI is InChI=1S/C19H20FNO4/c1-11-15(19(23)24-3)8-14(25-11)10-21(2)18(22)17-9-16(17)12-4-6-13(20)7-5-12/h4-8,16-17H,9-10H2,1-3H3. The molecule has 1 fully saturated rings. The average molecular weight is 345 g/mol. The number of esters is 1. The molecule has 132 valence electrons. The van der Waals surface area contributed by atoms with Gasteiger partial charge in [0.1, 0.15) is 22.9 Å². The molecule has 0 N–H and O–H groups in total. The number of benzene rings is 1. The summed E-state index contributed by atoms with van der Waals surface area (Å²) in [5.41, 5.74) is 1.35. The Morgan fingerprint density at radius 2 is 2.00 bits per heavy atom. The van der Waals surface area contributed by atoms with Crippen LogP contribution in [0.2, 0.25) is 0 Å². The Bertz CT molecular complexity index is 796. The second-order valence-corrected chi connectivity index (χ2v) is 6.37. The molecular formula is C19H20FNO4. The van der Waals surface area contributed by atoms with Crippen molar-refractivity contribution in [1.82, 2.24) is 4.90 Å². The smallest absolute Gasteiger partial charge is 0.341 e. The van der Waals surface area contributed by atoms with Crippen molar-refractivity contribution in [2.24, 2.45) is 5.92 Å². The Morgan fingerprint density at radius 3 is 2.64 bits per heavy atom. The van der Waals surface area contributed by atoms with Crippen LogP contribution in [0.1, 0.15) is 39.8 Å². The van der Waals surface area contributed by atoms with Gasteiger partial charge in [-0.25, -0.2) is 9.18 Å².